The van der Waals surface area contributed by atoms with Gasteiger partial charge in [0.2, 0.25) is 0 Å². The first-order chi connectivity index (χ1) is 7.56. The van der Waals surface area contributed by atoms with Crippen molar-refractivity contribution in [2.24, 2.45) is 16.6 Å². The molecule has 1 aliphatic heterocycles. The third kappa shape index (κ3) is 2.62. The summed E-state index contributed by atoms with van der Waals surface area (Å²) in [4.78, 5) is 15.5. The lowest BCUT2D eigenvalue weighted by atomic mass is 9.97. The Balaban J connectivity index is 2.12. The molecule has 4 heteroatoms. The molecule has 2 aliphatic rings. The largest absolute Gasteiger partial charge is 0.495 e. The second kappa shape index (κ2) is 4.28. The summed E-state index contributed by atoms with van der Waals surface area (Å²) < 4.78 is 5.74. The second-order valence-corrected chi connectivity index (χ2v) is 4.82. The number of rotatable bonds is 4. The number of nitrogens with two attached hydrogens (primary N) is 1. The van der Waals surface area contributed by atoms with Crippen molar-refractivity contribution in [2.45, 2.75) is 45.3 Å². The molecule has 1 amide bonds. The number of carbonyl (C=O) groups excluding carboxylic acids is 1. The molecule has 0 spiro atoms. The van der Waals surface area contributed by atoms with E-state index in [0.717, 1.165) is 25.0 Å². The number of dihydropyridines is 1. The summed E-state index contributed by atoms with van der Waals surface area (Å²) in [5, 5.41) is 0. The predicted molar refractivity (Wildman–Crippen MR) is 62.1 cm³/mol. The van der Waals surface area contributed by atoms with Crippen LogP contribution >= 0.6 is 0 Å². The highest BCUT2D eigenvalue weighted by Crippen LogP contribution is 2.30. The van der Waals surface area contributed by atoms with Crippen LogP contribution in [0.15, 0.2) is 16.8 Å². The Labute approximate surface area is 95.6 Å². The number of amides is 1. The van der Waals surface area contributed by atoms with Crippen LogP contribution in [-0.4, -0.2) is 23.8 Å². The van der Waals surface area contributed by atoms with Gasteiger partial charge in [0.25, 0.3) is 5.91 Å². The van der Waals surface area contributed by atoms with E-state index >= 15 is 0 Å². The molecular formula is C12H18N2O2. The lowest BCUT2D eigenvalue weighted by Gasteiger charge is -2.23. The Morgan fingerprint density at radius 3 is 2.75 bits per heavy atom. The fourth-order valence-corrected chi connectivity index (χ4v) is 1.68. The Morgan fingerprint density at radius 1 is 1.56 bits per heavy atom. The monoisotopic (exact) mass is 222 g/mol. The minimum Gasteiger partial charge on any atom is -0.495 e. The van der Waals surface area contributed by atoms with Crippen molar-refractivity contribution in [3.63, 3.8) is 0 Å². The molecule has 1 saturated carbocycles. The van der Waals surface area contributed by atoms with Crippen molar-refractivity contribution in [1.29, 1.82) is 0 Å². The highest BCUT2D eigenvalue weighted by atomic mass is 16.5. The minimum absolute atomic E-state index is 0.112. The fraction of sp³-hybridized carbons (Fsp3) is 0.667. The van der Waals surface area contributed by atoms with Gasteiger partial charge in [-0.15, -0.1) is 0 Å². The number of carbonyl (C=O) groups is 1. The van der Waals surface area contributed by atoms with Crippen LogP contribution in [0.3, 0.4) is 0 Å². The highest BCUT2D eigenvalue weighted by Gasteiger charge is 2.28. The first kappa shape index (κ1) is 11.2. The first-order valence-electron chi connectivity index (χ1n) is 5.81. The van der Waals surface area contributed by atoms with Gasteiger partial charge in [-0.1, -0.05) is 13.8 Å². The van der Waals surface area contributed by atoms with Gasteiger partial charge in [-0.3, -0.25) is 9.79 Å². The van der Waals surface area contributed by atoms with E-state index in [2.05, 4.69) is 18.8 Å². The molecule has 1 atom stereocenters. The molecule has 1 aliphatic carbocycles. The standard InChI is InChI=1S/C12H18N2O2/c1-7(2)10-5-9(16-8-3-4-8)6-11(14-10)12(13)15/h6-8,10H,3-5H2,1-2H3,(H2,13,15). The molecular weight excluding hydrogens is 204 g/mol. The van der Waals surface area contributed by atoms with E-state index in [9.17, 15) is 4.79 Å². The molecule has 0 aromatic heterocycles. The van der Waals surface area contributed by atoms with E-state index in [4.69, 9.17) is 10.5 Å². The summed E-state index contributed by atoms with van der Waals surface area (Å²) in [6, 6.07) is 0.112. The molecule has 16 heavy (non-hydrogen) atoms. The van der Waals surface area contributed by atoms with Gasteiger partial charge in [-0.05, 0) is 18.8 Å². The average Bonchev–Trinajstić information content (AvgIpc) is 3.01. The van der Waals surface area contributed by atoms with Crippen molar-refractivity contribution in [2.75, 3.05) is 0 Å². The number of hydrogen-bond acceptors (Lipinski definition) is 3. The third-order valence-corrected chi connectivity index (χ3v) is 2.88. The van der Waals surface area contributed by atoms with Crippen LogP contribution in [0.1, 0.15) is 33.1 Å². The van der Waals surface area contributed by atoms with Crippen molar-refractivity contribution >= 4 is 11.6 Å². The maximum atomic E-state index is 11.2. The number of aliphatic imine (C=N–C) groups is 1. The van der Waals surface area contributed by atoms with Crippen LogP contribution in [0.4, 0.5) is 0 Å². The molecule has 0 aromatic carbocycles. The van der Waals surface area contributed by atoms with Crippen LogP contribution in [-0.2, 0) is 9.53 Å². The lowest BCUT2D eigenvalue weighted by molar-refractivity contribution is -0.112. The lowest BCUT2D eigenvalue weighted by Crippen LogP contribution is -2.29. The quantitative estimate of drug-likeness (QED) is 0.781. The van der Waals surface area contributed by atoms with Gasteiger partial charge >= 0.3 is 0 Å². The van der Waals surface area contributed by atoms with Crippen LogP contribution in [0.5, 0.6) is 0 Å². The zero-order valence-electron chi connectivity index (χ0n) is 9.77. The maximum Gasteiger partial charge on any atom is 0.266 e. The van der Waals surface area contributed by atoms with Crippen LogP contribution in [0.25, 0.3) is 0 Å². The van der Waals surface area contributed by atoms with Crippen LogP contribution in [0, 0.1) is 5.92 Å². The zero-order chi connectivity index (χ0) is 11.7. The Hall–Kier alpha value is -1.32. The summed E-state index contributed by atoms with van der Waals surface area (Å²) in [5.74, 6) is 0.785. The number of ether oxygens (including phenoxy) is 1. The molecule has 0 radical (unpaired) electrons. The molecule has 0 bridgehead atoms. The topological polar surface area (TPSA) is 64.7 Å². The SMILES string of the molecule is CC(C)C1CC(OC2CC2)=CC(C(N)=O)=N1. The molecule has 1 unspecified atom stereocenters. The van der Waals surface area contributed by atoms with E-state index in [1.807, 2.05) is 0 Å². The molecule has 4 nitrogen and oxygen atoms in total. The van der Waals surface area contributed by atoms with E-state index in [-0.39, 0.29) is 6.04 Å². The van der Waals surface area contributed by atoms with E-state index in [0.29, 0.717) is 17.7 Å². The molecule has 1 fully saturated rings. The van der Waals surface area contributed by atoms with Gasteiger partial charge in [-0.25, -0.2) is 0 Å². The fourth-order valence-electron chi connectivity index (χ4n) is 1.68. The molecule has 1 heterocycles. The number of hydrogen-bond donors (Lipinski definition) is 1. The van der Waals surface area contributed by atoms with Gasteiger partial charge in [0, 0.05) is 12.5 Å². The van der Waals surface area contributed by atoms with Gasteiger partial charge in [-0.2, -0.15) is 0 Å². The summed E-state index contributed by atoms with van der Waals surface area (Å²) in [6.45, 7) is 4.18. The van der Waals surface area contributed by atoms with Gasteiger partial charge in [0.15, 0.2) is 0 Å². The van der Waals surface area contributed by atoms with E-state index < -0.39 is 5.91 Å². The van der Waals surface area contributed by atoms with Gasteiger partial charge < -0.3 is 10.5 Å². The first-order valence-corrected chi connectivity index (χ1v) is 5.81. The molecule has 2 rings (SSSR count). The van der Waals surface area contributed by atoms with E-state index in [1.54, 1.807) is 6.08 Å². The second-order valence-electron chi connectivity index (χ2n) is 4.82. The molecule has 0 aromatic rings. The van der Waals surface area contributed by atoms with Crippen molar-refractivity contribution in [3.05, 3.63) is 11.8 Å². The predicted octanol–water partition coefficient (Wildman–Crippen LogP) is 1.40. The zero-order valence-corrected chi connectivity index (χ0v) is 9.77. The summed E-state index contributed by atoms with van der Waals surface area (Å²) >= 11 is 0. The van der Waals surface area contributed by atoms with Crippen LogP contribution in [0.2, 0.25) is 0 Å². The van der Waals surface area contributed by atoms with Crippen molar-refractivity contribution < 1.29 is 9.53 Å². The number of primary amides is 1. The van der Waals surface area contributed by atoms with Crippen molar-refractivity contribution in [1.82, 2.24) is 0 Å². The summed E-state index contributed by atoms with van der Waals surface area (Å²) in [6.07, 6.45) is 5.07. The molecule has 2 N–H and O–H groups in total. The average molecular weight is 222 g/mol. The summed E-state index contributed by atoms with van der Waals surface area (Å²) in [7, 11) is 0. The molecule has 0 saturated heterocycles. The maximum absolute atomic E-state index is 11.2. The smallest absolute Gasteiger partial charge is 0.266 e. The minimum atomic E-state index is -0.470. The number of nitrogens with zero attached hydrogens (tertiary/aromatic N) is 1. The van der Waals surface area contributed by atoms with E-state index in [1.165, 1.54) is 0 Å². The van der Waals surface area contributed by atoms with Gasteiger partial charge in [0.1, 0.15) is 11.5 Å². The molecule has 88 valence electrons. The normalized spacial score (nSPS) is 25.1. The Morgan fingerprint density at radius 2 is 2.25 bits per heavy atom. The van der Waals surface area contributed by atoms with Crippen LogP contribution < -0.4 is 5.73 Å². The Bertz CT molecular complexity index is 354. The van der Waals surface area contributed by atoms with Gasteiger partial charge in [0.05, 0.1) is 12.1 Å². The third-order valence-electron chi connectivity index (χ3n) is 2.88. The highest BCUT2D eigenvalue weighted by molar-refractivity contribution is 6.43. The summed E-state index contributed by atoms with van der Waals surface area (Å²) in [5.41, 5.74) is 5.62. The van der Waals surface area contributed by atoms with Crippen molar-refractivity contribution in [3.8, 4) is 0 Å². The Kier molecular flexibility index (Phi) is 2.99.